The lowest BCUT2D eigenvalue weighted by molar-refractivity contribution is 0.602. The maximum atomic E-state index is 14.3. The molecule has 2 N–H and O–H groups in total. The molecule has 5 nitrogen and oxygen atoms in total. The minimum absolute atomic E-state index is 0.275. The number of aromatic nitrogens is 3. The number of nitrogens with zero attached hydrogens (tertiary/aromatic N) is 3. The maximum Gasteiger partial charge on any atom is 0.229 e. The van der Waals surface area contributed by atoms with Crippen LogP contribution < -0.4 is 10.6 Å². The van der Waals surface area contributed by atoms with Gasteiger partial charge < -0.3 is 10.6 Å². The molecule has 0 saturated carbocycles. The Kier molecular flexibility index (Phi) is 5.67. The monoisotopic (exact) mass is 403 g/mol. The van der Waals surface area contributed by atoms with Crippen LogP contribution in [0, 0.1) is 12.7 Å². The van der Waals surface area contributed by atoms with Gasteiger partial charge >= 0.3 is 0 Å². The number of pyridine rings is 1. The molecule has 0 aliphatic heterocycles. The highest BCUT2D eigenvalue weighted by Crippen LogP contribution is 2.32. The predicted octanol–water partition coefficient (Wildman–Crippen LogP) is 5.96. The third-order valence-electron chi connectivity index (χ3n) is 3.97. The van der Waals surface area contributed by atoms with Crippen molar-refractivity contribution in [1.82, 2.24) is 15.0 Å². The average molecular weight is 403 g/mol. The van der Waals surface area contributed by atoms with E-state index in [4.69, 9.17) is 0 Å². The number of hydrogen-bond acceptors (Lipinski definition) is 6. The first-order valence-corrected chi connectivity index (χ1v) is 9.79. The van der Waals surface area contributed by atoms with Crippen LogP contribution in [0.2, 0.25) is 0 Å². The van der Waals surface area contributed by atoms with E-state index in [-0.39, 0.29) is 5.82 Å². The molecule has 2 aromatic carbocycles. The topological polar surface area (TPSA) is 62.7 Å². The molecule has 0 saturated heterocycles. The molecule has 0 aliphatic carbocycles. The van der Waals surface area contributed by atoms with Gasteiger partial charge in [0.05, 0.1) is 4.90 Å². The van der Waals surface area contributed by atoms with Crippen LogP contribution in [0.5, 0.6) is 0 Å². The van der Waals surface area contributed by atoms with Gasteiger partial charge in [-0.3, -0.25) is 4.98 Å². The van der Waals surface area contributed by atoms with Crippen LogP contribution in [-0.2, 0) is 0 Å². The van der Waals surface area contributed by atoms with Gasteiger partial charge in [0.1, 0.15) is 11.6 Å². The van der Waals surface area contributed by atoms with Crippen molar-refractivity contribution in [3.63, 3.8) is 0 Å². The van der Waals surface area contributed by atoms with Crippen molar-refractivity contribution in [3.8, 4) is 0 Å². The number of aryl methyl sites for hydroxylation is 1. The van der Waals surface area contributed by atoms with Crippen LogP contribution in [-0.4, -0.2) is 15.0 Å². The van der Waals surface area contributed by atoms with E-state index in [1.165, 1.54) is 17.8 Å². The molecule has 29 heavy (non-hydrogen) atoms. The van der Waals surface area contributed by atoms with Crippen molar-refractivity contribution in [2.75, 3.05) is 10.6 Å². The smallest absolute Gasteiger partial charge is 0.229 e. The highest BCUT2D eigenvalue weighted by Gasteiger charge is 2.08. The summed E-state index contributed by atoms with van der Waals surface area (Å²) in [5.74, 6) is 0.845. The first-order valence-electron chi connectivity index (χ1n) is 8.98. The van der Waals surface area contributed by atoms with Gasteiger partial charge in [0.25, 0.3) is 0 Å². The number of hydrogen-bond donors (Lipinski definition) is 2. The zero-order valence-electron chi connectivity index (χ0n) is 15.6. The van der Waals surface area contributed by atoms with E-state index in [1.54, 1.807) is 24.5 Å². The second kappa shape index (κ2) is 8.70. The highest BCUT2D eigenvalue weighted by atomic mass is 32.2. The van der Waals surface area contributed by atoms with Crippen molar-refractivity contribution in [1.29, 1.82) is 0 Å². The predicted molar refractivity (Wildman–Crippen MR) is 115 cm³/mol. The van der Waals surface area contributed by atoms with Crippen molar-refractivity contribution in [2.45, 2.75) is 16.7 Å². The third kappa shape index (κ3) is 5.08. The Morgan fingerprint density at radius 2 is 1.62 bits per heavy atom. The summed E-state index contributed by atoms with van der Waals surface area (Å²) in [5, 5.41) is 6.43. The van der Waals surface area contributed by atoms with Crippen LogP contribution in [0.25, 0.3) is 0 Å². The van der Waals surface area contributed by atoms with Gasteiger partial charge in [-0.15, -0.1) is 0 Å². The standard InChI is InChI=1S/C22H18FN5S/c1-15-13-21(28-22(25-15)27-16-5-3-2-4-6-16)26-17-7-8-19(23)20(14-17)29-18-9-11-24-12-10-18/h2-14H,1H3,(H2,25,26,27,28). The normalized spacial score (nSPS) is 10.6. The first-order chi connectivity index (χ1) is 14.2. The summed E-state index contributed by atoms with van der Waals surface area (Å²) in [5.41, 5.74) is 2.46. The molecule has 4 aromatic rings. The highest BCUT2D eigenvalue weighted by molar-refractivity contribution is 7.99. The molecular formula is C22H18FN5S. The van der Waals surface area contributed by atoms with Crippen molar-refractivity contribution < 1.29 is 4.39 Å². The summed E-state index contributed by atoms with van der Waals surface area (Å²) in [4.78, 5) is 14.4. The van der Waals surface area contributed by atoms with Crippen molar-refractivity contribution >= 4 is 34.9 Å². The summed E-state index contributed by atoms with van der Waals surface area (Å²) in [6, 6.07) is 20.2. The van der Waals surface area contributed by atoms with E-state index in [1.807, 2.05) is 55.5 Å². The van der Waals surface area contributed by atoms with Gasteiger partial charge in [-0.25, -0.2) is 9.37 Å². The molecule has 0 bridgehead atoms. The van der Waals surface area contributed by atoms with E-state index < -0.39 is 0 Å². The summed E-state index contributed by atoms with van der Waals surface area (Å²) >= 11 is 1.35. The summed E-state index contributed by atoms with van der Waals surface area (Å²) in [6.07, 6.45) is 3.38. The van der Waals surface area contributed by atoms with Gasteiger partial charge in [0.2, 0.25) is 5.95 Å². The minimum Gasteiger partial charge on any atom is -0.340 e. The Labute approximate surface area is 172 Å². The summed E-state index contributed by atoms with van der Waals surface area (Å²) in [7, 11) is 0. The van der Waals surface area contributed by atoms with E-state index in [2.05, 4.69) is 25.6 Å². The molecule has 7 heteroatoms. The Bertz CT molecular complexity index is 1110. The quantitative estimate of drug-likeness (QED) is 0.414. The Morgan fingerprint density at radius 1 is 0.828 bits per heavy atom. The SMILES string of the molecule is Cc1cc(Nc2ccc(F)c(Sc3ccncc3)c2)nc(Nc2ccccc2)n1. The average Bonchev–Trinajstić information content (AvgIpc) is 2.72. The lowest BCUT2D eigenvalue weighted by Crippen LogP contribution is -2.02. The number of anilines is 4. The van der Waals surface area contributed by atoms with E-state index in [0.29, 0.717) is 16.7 Å². The fourth-order valence-corrected chi connectivity index (χ4v) is 3.54. The zero-order valence-corrected chi connectivity index (χ0v) is 16.4. The molecule has 0 atom stereocenters. The lowest BCUT2D eigenvalue weighted by Gasteiger charge is -2.11. The van der Waals surface area contributed by atoms with E-state index in [0.717, 1.165) is 22.0 Å². The maximum absolute atomic E-state index is 14.3. The number of para-hydroxylation sites is 1. The first kappa shape index (κ1) is 18.9. The molecule has 0 amide bonds. The van der Waals surface area contributed by atoms with Crippen molar-refractivity contribution in [2.24, 2.45) is 0 Å². The lowest BCUT2D eigenvalue weighted by atomic mass is 10.3. The molecule has 2 heterocycles. The van der Waals surface area contributed by atoms with E-state index in [9.17, 15) is 4.39 Å². The molecule has 0 fully saturated rings. The molecule has 0 aliphatic rings. The Balaban J connectivity index is 1.55. The number of nitrogens with one attached hydrogen (secondary N) is 2. The van der Waals surface area contributed by atoms with Gasteiger partial charge in [0.15, 0.2) is 0 Å². The molecule has 0 unspecified atom stereocenters. The molecular weight excluding hydrogens is 385 g/mol. The molecule has 2 aromatic heterocycles. The van der Waals surface area contributed by atoms with Gasteiger partial charge in [-0.2, -0.15) is 4.98 Å². The molecule has 4 rings (SSSR count). The van der Waals surface area contributed by atoms with Crippen LogP contribution in [0.15, 0.2) is 88.9 Å². The van der Waals surface area contributed by atoms with Crippen LogP contribution >= 0.6 is 11.8 Å². The summed E-state index contributed by atoms with van der Waals surface area (Å²) < 4.78 is 14.3. The van der Waals surface area contributed by atoms with Crippen LogP contribution in [0.3, 0.4) is 0 Å². The second-order valence-corrected chi connectivity index (χ2v) is 7.38. The van der Waals surface area contributed by atoms with Gasteiger partial charge in [-0.05, 0) is 49.4 Å². The molecule has 0 spiro atoms. The summed E-state index contributed by atoms with van der Waals surface area (Å²) in [6.45, 7) is 1.90. The van der Waals surface area contributed by atoms with Gasteiger partial charge in [0, 0.05) is 40.4 Å². The number of benzene rings is 2. The van der Waals surface area contributed by atoms with Crippen molar-refractivity contribution in [3.05, 3.63) is 90.6 Å². The number of halogens is 1. The number of rotatable bonds is 6. The Hall–Kier alpha value is -3.45. The fourth-order valence-electron chi connectivity index (χ4n) is 2.68. The zero-order chi connectivity index (χ0) is 20.1. The third-order valence-corrected chi connectivity index (χ3v) is 5.01. The van der Waals surface area contributed by atoms with Gasteiger partial charge in [-0.1, -0.05) is 30.0 Å². The molecule has 0 radical (unpaired) electrons. The fraction of sp³-hybridized carbons (Fsp3) is 0.0455. The minimum atomic E-state index is -0.275. The van der Waals surface area contributed by atoms with Crippen LogP contribution in [0.4, 0.5) is 27.5 Å². The molecule has 144 valence electrons. The Morgan fingerprint density at radius 3 is 2.41 bits per heavy atom. The largest absolute Gasteiger partial charge is 0.340 e. The van der Waals surface area contributed by atoms with Crippen LogP contribution in [0.1, 0.15) is 5.69 Å². The van der Waals surface area contributed by atoms with E-state index >= 15 is 0 Å². The second-order valence-electron chi connectivity index (χ2n) is 6.26.